The number of fused-ring (bicyclic) bond motifs is 1. The van der Waals surface area contributed by atoms with Gasteiger partial charge in [-0.25, -0.2) is 4.98 Å². The Morgan fingerprint density at radius 3 is 2.76 bits per heavy atom. The largest absolute Gasteiger partial charge is 0.398 e. The minimum Gasteiger partial charge on any atom is -0.398 e. The van der Waals surface area contributed by atoms with E-state index in [2.05, 4.69) is 31.6 Å². The summed E-state index contributed by atoms with van der Waals surface area (Å²) in [6.07, 6.45) is 0.277. The molecular formula is C16H13BrN4. The second-order valence-corrected chi connectivity index (χ2v) is 5.60. The molecule has 2 aromatic carbocycles. The fourth-order valence-corrected chi connectivity index (χ4v) is 2.91. The van der Waals surface area contributed by atoms with E-state index in [1.807, 2.05) is 42.5 Å². The van der Waals surface area contributed by atoms with Crippen LogP contribution in [0.5, 0.6) is 0 Å². The molecule has 0 aliphatic carbocycles. The summed E-state index contributed by atoms with van der Waals surface area (Å²) in [5.74, 6) is 0.758. The van der Waals surface area contributed by atoms with Crippen molar-refractivity contribution in [1.29, 1.82) is 5.26 Å². The number of nitrogens with zero attached hydrogens (tertiary/aromatic N) is 3. The van der Waals surface area contributed by atoms with Gasteiger partial charge in [-0.3, -0.25) is 0 Å². The summed E-state index contributed by atoms with van der Waals surface area (Å²) in [6, 6.07) is 15.8. The van der Waals surface area contributed by atoms with Crippen molar-refractivity contribution in [1.82, 2.24) is 9.55 Å². The molecule has 0 fully saturated rings. The third-order valence-electron chi connectivity index (χ3n) is 3.44. The zero-order valence-electron chi connectivity index (χ0n) is 11.3. The number of anilines is 1. The lowest BCUT2D eigenvalue weighted by atomic mass is 10.1. The van der Waals surface area contributed by atoms with Crippen LogP contribution in [0.1, 0.15) is 11.4 Å². The zero-order chi connectivity index (χ0) is 14.8. The van der Waals surface area contributed by atoms with Crippen LogP contribution in [0.3, 0.4) is 0 Å². The number of nitrogen functional groups attached to an aromatic ring is 1. The maximum atomic E-state index is 9.01. The molecule has 21 heavy (non-hydrogen) atoms. The van der Waals surface area contributed by atoms with Gasteiger partial charge in [0.2, 0.25) is 0 Å². The summed E-state index contributed by atoms with van der Waals surface area (Å²) in [5, 5.41) is 9.01. The lowest BCUT2D eigenvalue weighted by molar-refractivity contribution is 0.769. The van der Waals surface area contributed by atoms with Crippen molar-refractivity contribution in [2.24, 2.45) is 0 Å². The Hall–Kier alpha value is -2.32. The Morgan fingerprint density at radius 2 is 2.00 bits per heavy atom. The molecule has 0 spiro atoms. The van der Waals surface area contributed by atoms with Crippen molar-refractivity contribution in [3.63, 3.8) is 0 Å². The van der Waals surface area contributed by atoms with E-state index >= 15 is 0 Å². The highest BCUT2D eigenvalue weighted by molar-refractivity contribution is 9.10. The molecule has 0 aliphatic rings. The maximum absolute atomic E-state index is 9.01. The average Bonchev–Trinajstić information content (AvgIpc) is 2.81. The first-order valence-electron chi connectivity index (χ1n) is 6.54. The first-order chi connectivity index (χ1) is 10.2. The fourth-order valence-electron chi connectivity index (χ4n) is 2.41. The number of hydrogen-bond acceptors (Lipinski definition) is 3. The van der Waals surface area contributed by atoms with Crippen molar-refractivity contribution in [3.05, 3.63) is 58.3 Å². The molecule has 0 atom stereocenters. The maximum Gasteiger partial charge on any atom is 0.124 e. The molecule has 104 valence electrons. The lowest BCUT2D eigenvalue weighted by Crippen LogP contribution is -2.07. The van der Waals surface area contributed by atoms with E-state index < -0.39 is 0 Å². The minimum atomic E-state index is 0.277. The number of imidazole rings is 1. The Kier molecular flexibility index (Phi) is 3.63. The second kappa shape index (κ2) is 5.58. The molecule has 0 aliphatic heterocycles. The molecular weight excluding hydrogens is 328 g/mol. The Labute approximate surface area is 131 Å². The van der Waals surface area contributed by atoms with Crippen LogP contribution in [0, 0.1) is 11.3 Å². The van der Waals surface area contributed by atoms with Gasteiger partial charge in [-0.2, -0.15) is 5.26 Å². The van der Waals surface area contributed by atoms with Gasteiger partial charge >= 0.3 is 0 Å². The first kappa shape index (κ1) is 13.7. The molecule has 0 amide bonds. The third kappa shape index (κ3) is 2.50. The smallest absolute Gasteiger partial charge is 0.124 e. The monoisotopic (exact) mass is 340 g/mol. The molecule has 1 heterocycles. The zero-order valence-corrected chi connectivity index (χ0v) is 12.8. The van der Waals surface area contributed by atoms with Gasteiger partial charge in [-0.15, -0.1) is 0 Å². The Morgan fingerprint density at radius 1 is 1.19 bits per heavy atom. The van der Waals surface area contributed by atoms with Crippen LogP contribution in [-0.4, -0.2) is 9.55 Å². The molecule has 1 aromatic heterocycles. The third-order valence-corrected chi connectivity index (χ3v) is 4.19. The number of nitriles is 1. The number of rotatable bonds is 3. The number of aromatic nitrogens is 2. The Balaban J connectivity index is 2.15. The van der Waals surface area contributed by atoms with Crippen LogP contribution in [0.25, 0.3) is 11.0 Å². The second-order valence-electron chi connectivity index (χ2n) is 4.75. The molecule has 0 bridgehead atoms. The molecule has 0 radical (unpaired) electrons. The van der Waals surface area contributed by atoms with E-state index in [0.29, 0.717) is 6.54 Å². The minimum absolute atomic E-state index is 0.277. The summed E-state index contributed by atoms with van der Waals surface area (Å²) in [5.41, 5.74) is 9.71. The highest BCUT2D eigenvalue weighted by Gasteiger charge is 2.13. The quantitative estimate of drug-likeness (QED) is 0.742. The lowest BCUT2D eigenvalue weighted by Gasteiger charge is -2.12. The van der Waals surface area contributed by atoms with Crippen molar-refractivity contribution in [3.8, 4) is 6.07 Å². The van der Waals surface area contributed by atoms with Gasteiger partial charge in [0, 0.05) is 15.7 Å². The van der Waals surface area contributed by atoms with Gasteiger partial charge in [0.15, 0.2) is 0 Å². The molecule has 5 heteroatoms. The average molecular weight is 341 g/mol. The van der Waals surface area contributed by atoms with Crippen LogP contribution >= 0.6 is 15.9 Å². The summed E-state index contributed by atoms with van der Waals surface area (Å²) >= 11 is 3.54. The van der Waals surface area contributed by atoms with E-state index in [4.69, 9.17) is 11.0 Å². The molecule has 0 saturated carbocycles. The highest BCUT2D eigenvalue weighted by atomic mass is 79.9. The standard InChI is InChI=1S/C16H13BrN4/c17-12-4-3-5-13(19)11(12)10-21-15-7-2-1-6-14(15)20-16(21)8-9-18/h1-7H,8,10,19H2. The molecule has 2 N–H and O–H groups in total. The number of halogens is 1. The van der Waals surface area contributed by atoms with Crippen molar-refractivity contribution in [2.75, 3.05) is 5.73 Å². The normalized spacial score (nSPS) is 10.7. The predicted molar refractivity (Wildman–Crippen MR) is 86.7 cm³/mol. The van der Waals surface area contributed by atoms with Gasteiger partial charge in [0.1, 0.15) is 5.82 Å². The Bertz CT molecular complexity index is 825. The van der Waals surface area contributed by atoms with Crippen LogP contribution in [0.15, 0.2) is 46.9 Å². The predicted octanol–water partition coefficient (Wildman–Crippen LogP) is 3.50. The fraction of sp³-hybridized carbons (Fsp3) is 0.125. The van der Waals surface area contributed by atoms with E-state index in [-0.39, 0.29) is 6.42 Å². The molecule has 3 rings (SSSR count). The van der Waals surface area contributed by atoms with Crippen LogP contribution < -0.4 is 5.73 Å². The molecule has 3 aromatic rings. The molecule has 4 nitrogen and oxygen atoms in total. The van der Waals surface area contributed by atoms with Crippen LogP contribution in [0.4, 0.5) is 5.69 Å². The van der Waals surface area contributed by atoms with Crippen molar-refractivity contribution in [2.45, 2.75) is 13.0 Å². The van der Waals surface area contributed by atoms with Crippen LogP contribution in [0.2, 0.25) is 0 Å². The van der Waals surface area contributed by atoms with E-state index in [0.717, 1.165) is 32.6 Å². The summed E-state index contributed by atoms with van der Waals surface area (Å²) in [7, 11) is 0. The number of nitrogens with two attached hydrogens (primary N) is 1. The molecule has 0 saturated heterocycles. The van der Waals surface area contributed by atoms with Crippen molar-refractivity contribution >= 4 is 32.7 Å². The van der Waals surface area contributed by atoms with Crippen LogP contribution in [-0.2, 0) is 13.0 Å². The van der Waals surface area contributed by atoms with E-state index in [1.54, 1.807) is 0 Å². The van der Waals surface area contributed by atoms with Gasteiger partial charge in [0.05, 0.1) is 30.1 Å². The van der Waals surface area contributed by atoms with Gasteiger partial charge < -0.3 is 10.3 Å². The van der Waals surface area contributed by atoms with Gasteiger partial charge in [-0.05, 0) is 24.3 Å². The van der Waals surface area contributed by atoms with Gasteiger partial charge in [0.25, 0.3) is 0 Å². The highest BCUT2D eigenvalue weighted by Crippen LogP contribution is 2.26. The topological polar surface area (TPSA) is 67.6 Å². The summed E-state index contributed by atoms with van der Waals surface area (Å²) in [6.45, 7) is 0.588. The number of benzene rings is 2. The van der Waals surface area contributed by atoms with Gasteiger partial charge in [-0.1, -0.05) is 34.1 Å². The van der Waals surface area contributed by atoms with E-state index in [9.17, 15) is 0 Å². The number of para-hydroxylation sites is 2. The SMILES string of the molecule is N#CCc1nc2ccccc2n1Cc1c(N)cccc1Br. The number of hydrogen-bond donors (Lipinski definition) is 1. The summed E-state index contributed by atoms with van der Waals surface area (Å²) < 4.78 is 3.01. The van der Waals surface area contributed by atoms with E-state index in [1.165, 1.54) is 0 Å². The van der Waals surface area contributed by atoms with Crippen molar-refractivity contribution < 1.29 is 0 Å². The first-order valence-corrected chi connectivity index (χ1v) is 7.34. The summed E-state index contributed by atoms with van der Waals surface area (Å²) in [4.78, 5) is 4.54. The molecule has 0 unspecified atom stereocenters.